The molecule has 2 aromatic heterocycles. The average molecular weight is 516 g/mol. The molecule has 0 unspecified atom stereocenters. The Bertz CT molecular complexity index is 2250. The Morgan fingerprint density at radius 3 is 2.15 bits per heavy atom. The molecule has 8 rings (SSSR count). The van der Waals surface area contributed by atoms with E-state index in [2.05, 4.69) is 77.4 Å². The third-order valence-corrected chi connectivity index (χ3v) is 7.90. The number of hydrogen-bond acceptors (Lipinski definition) is 3. The number of aromatic nitrogens is 1. The molecule has 6 aromatic carbocycles. The predicted molar refractivity (Wildman–Crippen MR) is 167 cm³/mol. The van der Waals surface area contributed by atoms with Crippen LogP contribution in [0.15, 0.2) is 137 Å². The molecule has 40 heavy (non-hydrogen) atoms. The maximum atomic E-state index is 6.45. The van der Waals surface area contributed by atoms with Gasteiger partial charge in [0.2, 0.25) is 0 Å². The molecule has 0 amide bonds. The highest BCUT2D eigenvalue weighted by atomic mass is 16.3. The lowest BCUT2D eigenvalue weighted by molar-refractivity contribution is 0.669. The minimum Gasteiger partial charge on any atom is -0.456 e. The number of nitrogens with zero attached hydrogens (tertiary/aromatic N) is 2. The van der Waals surface area contributed by atoms with Crippen LogP contribution in [-0.4, -0.2) is 10.3 Å². The van der Waals surface area contributed by atoms with Crippen LogP contribution >= 0.6 is 0 Å². The summed E-state index contributed by atoms with van der Waals surface area (Å²) < 4.78 is 8.55. The maximum absolute atomic E-state index is 6.45. The standard InChI is InChI=1S/C36H25N3O/c37-30-15-7-4-13-28(30)35(23-10-2-1-3-11-23)38-22-39-31-16-8-5-12-24(31)26-19-18-25-27(36(26)39)20-21-33-34(25)29-14-6-9-17-32(29)40-33/h1-21H,22,37H2. The lowest BCUT2D eigenvalue weighted by Crippen LogP contribution is -2.09. The van der Waals surface area contributed by atoms with Crippen LogP contribution in [0, 0.1) is 0 Å². The fraction of sp³-hybridized carbons (Fsp3) is 0.0278. The van der Waals surface area contributed by atoms with Crippen molar-refractivity contribution in [2.45, 2.75) is 6.67 Å². The van der Waals surface area contributed by atoms with E-state index >= 15 is 0 Å². The molecular formula is C36H25N3O. The van der Waals surface area contributed by atoms with E-state index in [1.54, 1.807) is 0 Å². The van der Waals surface area contributed by atoms with Crippen molar-refractivity contribution in [1.29, 1.82) is 0 Å². The number of anilines is 1. The Morgan fingerprint density at radius 2 is 1.27 bits per heavy atom. The van der Waals surface area contributed by atoms with Crippen LogP contribution in [0.5, 0.6) is 0 Å². The molecule has 4 heteroatoms. The number of nitrogen functional groups attached to an aromatic ring is 1. The van der Waals surface area contributed by atoms with Gasteiger partial charge in [0.05, 0.1) is 16.7 Å². The Labute approximate surface area is 230 Å². The van der Waals surface area contributed by atoms with Crippen molar-refractivity contribution in [3.8, 4) is 0 Å². The molecule has 0 aliphatic heterocycles. The zero-order valence-electron chi connectivity index (χ0n) is 21.7. The summed E-state index contributed by atoms with van der Waals surface area (Å²) in [5.41, 5.74) is 14.2. The first-order valence-corrected chi connectivity index (χ1v) is 13.5. The molecule has 0 saturated heterocycles. The molecule has 0 spiro atoms. The summed E-state index contributed by atoms with van der Waals surface area (Å²) in [7, 11) is 0. The smallest absolute Gasteiger partial charge is 0.136 e. The van der Waals surface area contributed by atoms with Crippen LogP contribution in [0.3, 0.4) is 0 Å². The molecule has 190 valence electrons. The molecule has 0 saturated carbocycles. The van der Waals surface area contributed by atoms with Crippen molar-refractivity contribution >= 4 is 65.9 Å². The highest BCUT2D eigenvalue weighted by molar-refractivity contribution is 6.26. The van der Waals surface area contributed by atoms with Crippen molar-refractivity contribution < 1.29 is 4.42 Å². The quantitative estimate of drug-likeness (QED) is 0.188. The van der Waals surface area contributed by atoms with Gasteiger partial charge in [-0.05, 0) is 35.7 Å². The second-order valence-electron chi connectivity index (χ2n) is 10.1. The van der Waals surface area contributed by atoms with Gasteiger partial charge in [0, 0.05) is 43.7 Å². The Kier molecular flexibility index (Phi) is 5.01. The first-order valence-electron chi connectivity index (χ1n) is 13.5. The monoisotopic (exact) mass is 515 g/mol. The Hall–Kier alpha value is -5.35. The number of benzene rings is 6. The van der Waals surface area contributed by atoms with E-state index in [9.17, 15) is 0 Å². The van der Waals surface area contributed by atoms with Crippen LogP contribution in [0.4, 0.5) is 5.69 Å². The normalized spacial score (nSPS) is 12.3. The van der Waals surface area contributed by atoms with E-state index in [1.165, 1.54) is 27.1 Å². The summed E-state index contributed by atoms with van der Waals surface area (Å²) in [5, 5.41) is 7.08. The van der Waals surface area contributed by atoms with Crippen molar-refractivity contribution in [3.05, 3.63) is 139 Å². The van der Waals surface area contributed by atoms with Gasteiger partial charge in [0.15, 0.2) is 0 Å². The summed E-state index contributed by atoms with van der Waals surface area (Å²) in [4.78, 5) is 5.26. The molecule has 2 heterocycles. The molecule has 0 radical (unpaired) electrons. The number of rotatable bonds is 4. The van der Waals surface area contributed by atoms with E-state index in [1.807, 2.05) is 54.6 Å². The van der Waals surface area contributed by atoms with E-state index in [0.717, 1.165) is 44.3 Å². The van der Waals surface area contributed by atoms with Crippen LogP contribution in [-0.2, 0) is 6.67 Å². The molecule has 4 nitrogen and oxygen atoms in total. The van der Waals surface area contributed by atoms with Gasteiger partial charge < -0.3 is 14.7 Å². The molecule has 0 fully saturated rings. The highest BCUT2D eigenvalue weighted by Gasteiger charge is 2.17. The number of hydrogen-bond donors (Lipinski definition) is 1. The highest BCUT2D eigenvalue weighted by Crippen LogP contribution is 2.40. The predicted octanol–water partition coefficient (Wildman–Crippen LogP) is 8.92. The number of fused-ring (bicyclic) bond motifs is 9. The zero-order valence-corrected chi connectivity index (χ0v) is 21.7. The molecule has 8 aromatic rings. The van der Waals surface area contributed by atoms with Crippen molar-refractivity contribution in [1.82, 2.24) is 4.57 Å². The van der Waals surface area contributed by atoms with Crippen molar-refractivity contribution in [3.63, 3.8) is 0 Å². The zero-order chi connectivity index (χ0) is 26.6. The number of para-hydroxylation sites is 3. The SMILES string of the molecule is Nc1ccccc1C(=NCn1c2ccccc2c2ccc3c(ccc4oc5ccccc5c43)c21)c1ccccc1. The lowest BCUT2D eigenvalue weighted by atomic mass is 10.0. The minimum atomic E-state index is 0.450. The number of aliphatic imine (C=N–C) groups is 1. The van der Waals surface area contributed by atoms with Gasteiger partial charge in [-0.1, -0.05) is 97.1 Å². The van der Waals surface area contributed by atoms with E-state index in [0.29, 0.717) is 12.4 Å². The van der Waals surface area contributed by atoms with Gasteiger partial charge in [-0.3, -0.25) is 4.99 Å². The Morgan fingerprint density at radius 1 is 0.600 bits per heavy atom. The second kappa shape index (κ2) is 8.85. The molecule has 0 aliphatic rings. The molecular weight excluding hydrogens is 490 g/mol. The van der Waals surface area contributed by atoms with Gasteiger partial charge in [-0.2, -0.15) is 0 Å². The van der Waals surface area contributed by atoms with Gasteiger partial charge in [0.1, 0.15) is 17.8 Å². The first kappa shape index (κ1) is 22.6. The molecule has 2 N–H and O–H groups in total. The maximum Gasteiger partial charge on any atom is 0.136 e. The fourth-order valence-corrected chi connectivity index (χ4v) is 6.11. The van der Waals surface area contributed by atoms with Crippen LogP contribution in [0.25, 0.3) is 54.5 Å². The number of nitrogens with two attached hydrogens (primary N) is 1. The number of furan rings is 1. The fourth-order valence-electron chi connectivity index (χ4n) is 6.11. The third kappa shape index (κ3) is 3.36. The topological polar surface area (TPSA) is 56.4 Å². The summed E-state index contributed by atoms with van der Waals surface area (Å²) in [6.45, 7) is 0.450. The van der Waals surface area contributed by atoms with Gasteiger partial charge in [0.25, 0.3) is 0 Å². The van der Waals surface area contributed by atoms with Gasteiger partial charge >= 0.3 is 0 Å². The van der Waals surface area contributed by atoms with Gasteiger partial charge in [-0.25, -0.2) is 0 Å². The summed E-state index contributed by atoms with van der Waals surface area (Å²) >= 11 is 0. The molecule has 0 atom stereocenters. The third-order valence-electron chi connectivity index (χ3n) is 7.90. The summed E-state index contributed by atoms with van der Waals surface area (Å²) in [6, 6.07) is 43.8. The summed E-state index contributed by atoms with van der Waals surface area (Å²) in [6.07, 6.45) is 0. The first-order chi connectivity index (χ1) is 19.8. The van der Waals surface area contributed by atoms with Crippen LogP contribution in [0.2, 0.25) is 0 Å². The largest absolute Gasteiger partial charge is 0.456 e. The van der Waals surface area contributed by atoms with E-state index in [-0.39, 0.29) is 0 Å². The van der Waals surface area contributed by atoms with Crippen LogP contribution in [0.1, 0.15) is 11.1 Å². The van der Waals surface area contributed by atoms with E-state index < -0.39 is 0 Å². The van der Waals surface area contributed by atoms with E-state index in [4.69, 9.17) is 15.1 Å². The average Bonchev–Trinajstić information content (AvgIpc) is 3.55. The van der Waals surface area contributed by atoms with Gasteiger partial charge in [-0.15, -0.1) is 0 Å². The lowest BCUT2D eigenvalue weighted by Gasteiger charge is -2.12. The summed E-state index contributed by atoms with van der Waals surface area (Å²) in [5.74, 6) is 0. The van der Waals surface area contributed by atoms with Crippen molar-refractivity contribution in [2.24, 2.45) is 4.99 Å². The Balaban J connectivity index is 1.42. The van der Waals surface area contributed by atoms with Crippen LogP contribution < -0.4 is 5.73 Å². The second-order valence-corrected chi connectivity index (χ2v) is 10.1. The minimum absolute atomic E-state index is 0.450. The molecule has 0 aliphatic carbocycles. The van der Waals surface area contributed by atoms with Crippen molar-refractivity contribution in [2.75, 3.05) is 5.73 Å². The molecule has 0 bridgehead atoms.